The Hall–Kier alpha value is -3.26. The molecule has 8 heteroatoms. The second-order valence-corrected chi connectivity index (χ2v) is 8.45. The number of amides is 1. The zero-order valence-corrected chi connectivity index (χ0v) is 18.5. The molecule has 0 unspecified atom stereocenters. The third-order valence-electron chi connectivity index (χ3n) is 6.35. The molecule has 0 saturated carbocycles. The van der Waals surface area contributed by atoms with E-state index < -0.39 is 5.82 Å². The molecule has 1 aromatic carbocycles. The van der Waals surface area contributed by atoms with Gasteiger partial charge in [0.1, 0.15) is 11.9 Å². The number of hydrogen-bond acceptors (Lipinski definition) is 6. The number of rotatable bonds is 5. The lowest BCUT2D eigenvalue weighted by Crippen LogP contribution is -2.38. The minimum absolute atomic E-state index is 0.0396. The number of aromatic nitrogens is 2. The predicted molar refractivity (Wildman–Crippen MR) is 121 cm³/mol. The highest BCUT2D eigenvalue weighted by Crippen LogP contribution is 2.32. The van der Waals surface area contributed by atoms with E-state index in [2.05, 4.69) is 9.97 Å². The van der Waals surface area contributed by atoms with Gasteiger partial charge in [-0.25, -0.2) is 9.37 Å². The molecule has 2 aromatic heterocycles. The number of hydrogen-bond donors (Lipinski definition) is 0. The summed E-state index contributed by atoms with van der Waals surface area (Å²) < 4.78 is 30.8. The summed E-state index contributed by atoms with van der Waals surface area (Å²) in [5.74, 6) is 0.410. The molecule has 1 atom stereocenters. The highest BCUT2D eigenvalue weighted by Gasteiger charge is 2.32. The fourth-order valence-corrected chi connectivity index (χ4v) is 4.59. The van der Waals surface area contributed by atoms with Crippen LogP contribution in [0, 0.1) is 11.7 Å². The molecule has 0 N–H and O–H groups in total. The lowest BCUT2D eigenvalue weighted by molar-refractivity contribution is -0.137. The van der Waals surface area contributed by atoms with Gasteiger partial charge in [0.2, 0.25) is 11.8 Å². The lowest BCUT2D eigenvalue weighted by atomic mass is 9.99. The molecular weight excluding hydrogens is 425 g/mol. The molecule has 5 rings (SSSR count). The number of likely N-dealkylation sites (tertiary alicyclic amines) is 1. The maximum absolute atomic E-state index is 14.3. The van der Waals surface area contributed by atoms with Gasteiger partial charge in [0.25, 0.3) is 0 Å². The average Bonchev–Trinajstić information content (AvgIpc) is 3.32. The summed E-state index contributed by atoms with van der Waals surface area (Å²) in [5.41, 5.74) is 2.22. The van der Waals surface area contributed by atoms with Gasteiger partial charge in [-0.1, -0.05) is 0 Å². The second-order valence-electron chi connectivity index (χ2n) is 8.45. The number of ether oxygens (including phenoxy) is 3. The average molecular weight is 451 g/mol. The van der Waals surface area contributed by atoms with E-state index >= 15 is 0 Å². The molecule has 2 saturated heterocycles. The van der Waals surface area contributed by atoms with Crippen LogP contribution < -0.4 is 9.47 Å². The van der Waals surface area contributed by atoms with E-state index in [1.165, 1.54) is 13.2 Å². The number of fused-ring (bicyclic) bond motifs is 1. The van der Waals surface area contributed by atoms with Gasteiger partial charge >= 0.3 is 0 Å². The molecule has 2 aliphatic heterocycles. The molecule has 3 aromatic rings. The van der Waals surface area contributed by atoms with Gasteiger partial charge in [-0.15, -0.1) is 0 Å². The van der Waals surface area contributed by atoms with Crippen molar-refractivity contribution in [1.82, 2.24) is 14.9 Å². The van der Waals surface area contributed by atoms with Crippen molar-refractivity contribution in [2.75, 3.05) is 33.4 Å². The Bertz CT molecular complexity index is 1170. The Morgan fingerprint density at radius 2 is 2.00 bits per heavy atom. The summed E-state index contributed by atoms with van der Waals surface area (Å²) in [6.45, 7) is 2.61. The molecule has 2 aliphatic rings. The van der Waals surface area contributed by atoms with Gasteiger partial charge in [0, 0.05) is 55.4 Å². The van der Waals surface area contributed by atoms with Crippen molar-refractivity contribution in [3.8, 4) is 22.8 Å². The Labute approximate surface area is 191 Å². The van der Waals surface area contributed by atoms with Crippen molar-refractivity contribution in [3.63, 3.8) is 0 Å². The molecule has 0 spiro atoms. The van der Waals surface area contributed by atoms with E-state index in [0.29, 0.717) is 37.6 Å². The van der Waals surface area contributed by atoms with Crippen molar-refractivity contribution in [1.29, 1.82) is 0 Å². The Balaban J connectivity index is 1.34. The smallest absolute Gasteiger partial charge is 0.250 e. The number of carbonyl (C=O) groups excluding carboxylic acids is 1. The van der Waals surface area contributed by atoms with Crippen LogP contribution in [0.25, 0.3) is 22.0 Å². The first-order valence-corrected chi connectivity index (χ1v) is 11.2. The van der Waals surface area contributed by atoms with E-state index in [4.69, 9.17) is 14.2 Å². The van der Waals surface area contributed by atoms with Crippen LogP contribution in [0.4, 0.5) is 4.39 Å². The summed E-state index contributed by atoms with van der Waals surface area (Å²) >= 11 is 0. The minimum Gasteiger partial charge on any atom is -0.488 e. The highest BCUT2D eigenvalue weighted by atomic mass is 19.1. The zero-order valence-electron chi connectivity index (χ0n) is 18.5. The summed E-state index contributed by atoms with van der Waals surface area (Å²) in [6.07, 6.45) is 5.59. The van der Waals surface area contributed by atoms with E-state index in [9.17, 15) is 9.18 Å². The Morgan fingerprint density at radius 3 is 2.79 bits per heavy atom. The molecule has 33 heavy (non-hydrogen) atoms. The molecule has 7 nitrogen and oxygen atoms in total. The highest BCUT2D eigenvalue weighted by molar-refractivity contribution is 5.95. The Kier molecular flexibility index (Phi) is 6.09. The van der Waals surface area contributed by atoms with Crippen LogP contribution in [0.15, 0.2) is 42.7 Å². The molecule has 0 aliphatic carbocycles. The number of nitrogens with zero attached hydrogens (tertiary/aromatic N) is 3. The monoisotopic (exact) mass is 451 g/mol. The normalized spacial score (nSPS) is 19.1. The summed E-state index contributed by atoms with van der Waals surface area (Å²) in [7, 11) is 1.39. The third-order valence-corrected chi connectivity index (χ3v) is 6.35. The molecule has 2 fully saturated rings. The first-order valence-electron chi connectivity index (χ1n) is 11.2. The van der Waals surface area contributed by atoms with E-state index in [-0.39, 0.29) is 23.8 Å². The van der Waals surface area contributed by atoms with Crippen molar-refractivity contribution >= 4 is 16.8 Å². The number of benzene rings is 1. The number of methoxy groups -OCH3 is 1. The van der Waals surface area contributed by atoms with Crippen LogP contribution in [0.2, 0.25) is 0 Å². The van der Waals surface area contributed by atoms with Crippen molar-refractivity contribution in [2.45, 2.75) is 25.4 Å². The summed E-state index contributed by atoms with van der Waals surface area (Å²) in [6, 6.07) is 8.93. The summed E-state index contributed by atoms with van der Waals surface area (Å²) in [5, 5.41) is 0.842. The van der Waals surface area contributed by atoms with Gasteiger partial charge in [-0.2, -0.15) is 0 Å². The topological polar surface area (TPSA) is 73.8 Å². The van der Waals surface area contributed by atoms with Gasteiger partial charge in [0.15, 0.2) is 5.82 Å². The first kappa shape index (κ1) is 21.6. The minimum atomic E-state index is -0.521. The fourth-order valence-electron chi connectivity index (χ4n) is 4.59. The van der Waals surface area contributed by atoms with Crippen molar-refractivity contribution in [2.24, 2.45) is 5.92 Å². The third kappa shape index (κ3) is 4.48. The van der Waals surface area contributed by atoms with Crippen molar-refractivity contribution in [3.05, 3.63) is 48.5 Å². The molecule has 172 valence electrons. The van der Waals surface area contributed by atoms with E-state index in [0.717, 1.165) is 35.7 Å². The maximum Gasteiger partial charge on any atom is 0.250 e. The number of halogens is 1. The number of carbonyl (C=O) groups is 1. The van der Waals surface area contributed by atoms with Crippen LogP contribution in [-0.2, 0) is 9.53 Å². The van der Waals surface area contributed by atoms with Gasteiger partial charge < -0.3 is 19.1 Å². The van der Waals surface area contributed by atoms with E-state index in [1.54, 1.807) is 12.4 Å². The lowest BCUT2D eigenvalue weighted by Gasteiger charge is -2.26. The predicted octanol–water partition coefficient (Wildman–Crippen LogP) is 3.85. The Morgan fingerprint density at radius 1 is 1.15 bits per heavy atom. The largest absolute Gasteiger partial charge is 0.488 e. The second kappa shape index (κ2) is 9.31. The standard InChI is InChI=1S/C25H26FN3O4/c1-31-24-22(26)12-17(14-28-24)20-4-8-27-23-3-2-18(13-21(20)23)33-19-5-9-29(15-19)25(30)16-6-10-32-11-7-16/h2-4,8,12-14,16,19H,5-7,9-11,15H2,1H3/t19-/m0/s1. The van der Waals surface area contributed by atoms with Crippen LogP contribution >= 0.6 is 0 Å². The molecular formula is C25H26FN3O4. The van der Waals surface area contributed by atoms with E-state index in [1.807, 2.05) is 29.2 Å². The molecule has 0 radical (unpaired) electrons. The molecule has 0 bridgehead atoms. The fraction of sp³-hybridized carbons (Fsp3) is 0.400. The quantitative estimate of drug-likeness (QED) is 0.587. The van der Waals surface area contributed by atoms with Gasteiger partial charge in [0.05, 0.1) is 19.2 Å². The number of pyridine rings is 2. The maximum atomic E-state index is 14.3. The molecule has 1 amide bonds. The first-order chi connectivity index (χ1) is 16.1. The summed E-state index contributed by atoms with van der Waals surface area (Å²) in [4.78, 5) is 23.2. The van der Waals surface area contributed by atoms with Gasteiger partial charge in [-0.3, -0.25) is 9.78 Å². The van der Waals surface area contributed by atoms with Crippen LogP contribution in [0.1, 0.15) is 19.3 Å². The zero-order chi connectivity index (χ0) is 22.8. The van der Waals surface area contributed by atoms with Crippen LogP contribution in [0.3, 0.4) is 0 Å². The SMILES string of the molecule is COc1ncc(-c2ccnc3ccc(O[C@H]4CCN(C(=O)C5CCOCC5)C4)cc23)cc1F. The van der Waals surface area contributed by atoms with Gasteiger partial charge in [-0.05, 0) is 48.7 Å². The van der Waals surface area contributed by atoms with Crippen molar-refractivity contribution < 1.29 is 23.4 Å². The van der Waals surface area contributed by atoms with Crippen LogP contribution in [-0.4, -0.2) is 60.3 Å². The van der Waals surface area contributed by atoms with Crippen LogP contribution in [0.5, 0.6) is 11.6 Å². The molecule has 4 heterocycles.